The van der Waals surface area contributed by atoms with Gasteiger partial charge >= 0.3 is 96.5 Å². The van der Waals surface area contributed by atoms with Gasteiger partial charge in [0.05, 0.1) is 0 Å². The molecule has 0 spiro atoms. The summed E-state index contributed by atoms with van der Waals surface area (Å²) < 4.78 is 8.88. The van der Waals surface area contributed by atoms with Gasteiger partial charge in [0.2, 0.25) is 5.91 Å². The summed E-state index contributed by atoms with van der Waals surface area (Å²) in [5, 5.41) is 0. The Hall–Kier alpha value is 2.32. The van der Waals surface area contributed by atoms with Gasteiger partial charge in [-0.25, -0.2) is 4.57 Å². The van der Waals surface area contributed by atoms with Crippen LogP contribution in [-0.2, 0) is 9.36 Å². The van der Waals surface area contributed by atoms with E-state index in [1.54, 1.807) is 0 Å². The standard InChI is InChI=1S/C3H5NO.3Na.H3O4P.3H/c1-2-3(4)5;;;;1-5(2,3)4;;;/h2H,1H2,(H2,4,5);;;;(H3,1,2,3,4);;;/q;3*+1;;3*-1. The van der Waals surface area contributed by atoms with Crippen LogP contribution in [0.25, 0.3) is 0 Å². The summed E-state index contributed by atoms with van der Waals surface area (Å²) in [6, 6.07) is 0. The molecule has 0 bridgehead atoms. The van der Waals surface area contributed by atoms with Crippen molar-refractivity contribution in [3.8, 4) is 0 Å². The first-order valence-electron chi connectivity index (χ1n) is 1.97. The third-order valence-electron chi connectivity index (χ3n) is 0.201. The third kappa shape index (κ3) is 116. The maximum absolute atomic E-state index is 9.47. The van der Waals surface area contributed by atoms with Crippen molar-refractivity contribution in [1.82, 2.24) is 0 Å². The van der Waals surface area contributed by atoms with Crippen LogP contribution in [0.1, 0.15) is 4.28 Å². The Balaban J connectivity index is -0.00000000970. The van der Waals surface area contributed by atoms with Gasteiger partial charge in [-0.05, 0) is 6.08 Å². The molecule has 13 heavy (non-hydrogen) atoms. The van der Waals surface area contributed by atoms with E-state index in [4.69, 9.17) is 19.2 Å². The second kappa shape index (κ2) is 16.7. The third-order valence-corrected chi connectivity index (χ3v) is 0.201. The van der Waals surface area contributed by atoms with E-state index in [9.17, 15) is 4.79 Å². The number of phosphoric acid groups is 1. The zero-order chi connectivity index (χ0) is 8.78. The van der Waals surface area contributed by atoms with E-state index in [0.717, 1.165) is 6.08 Å². The molecule has 0 heterocycles. The number of hydrogen-bond acceptors (Lipinski definition) is 2. The minimum atomic E-state index is -4.64. The van der Waals surface area contributed by atoms with Crippen molar-refractivity contribution in [2.24, 2.45) is 5.73 Å². The number of nitrogens with two attached hydrogens (primary N) is 1. The van der Waals surface area contributed by atoms with Gasteiger partial charge in [-0.3, -0.25) is 4.79 Å². The molecular weight excluding hydrogens is 230 g/mol. The minimum Gasteiger partial charge on any atom is -1.00 e. The Morgan fingerprint density at radius 1 is 1.31 bits per heavy atom. The summed E-state index contributed by atoms with van der Waals surface area (Å²) in [6.07, 6.45) is 1.06. The average molecular weight is 241 g/mol. The number of rotatable bonds is 1. The zero-order valence-electron chi connectivity index (χ0n) is 11.0. The fourth-order valence-electron chi connectivity index (χ4n) is 0. The monoisotopic (exact) mass is 241 g/mol. The molecule has 0 fully saturated rings. The first-order valence-corrected chi connectivity index (χ1v) is 3.54. The smallest absolute Gasteiger partial charge is 1.00 e. The fourth-order valence-corrected chi connectivity index (χ4v) is 0. The number of hydrogen-bond donors (Lipinski definition) is 4. The van der Waals surface area contributed by atoms with Crippen molar-refractivity contribution < 1.29 is 117 Å². The number of primary amides is 1. The van der Waals surface area contributed by atoms with E-state index in [1.807, 2.05) is 0 Å². The van der Waals surface area contributed by atoms with Gasteiger partial charge in [0.1, 0.15) is 0 Å². The molecule has 0 aliphatic rings. The van der Waals surface area contributed by atoms with E-state index in [2.05, 4.69) is 12.3 Å². The first kappa shape index (κ1) is 29.5. The minimum absolute atomic E-state index is 0. The van der Waals surface area contributed by atoms with E-state index >= 15 is 0 Å². The predicted octanol–water partition coefficient (Wildman–Crippen LogP) is -9.92. The molecule has 1 amide bonds. The zero-order valence-corrected chi connectivity index (χ0v) is 14.9. The Morgan fingerprint density at radius 3 is 1.38 bits per heavy atom. The molecule has 10 heteroatoms. The van der Waals surface area contributed by atoms with Crippen LogP contribution in [0.5, 0.6) is 0 Å². The van der Waals surface area contributed by atoms with Crippen LogP contribution in [-0.4, -0.2) is 20.6 Å². The molecule has 0 aromatic rings. The number of carbonyl (C=O) groups is 1. The van der Waals surface area contributed by atoms with E-state index < -0.39 is 13.7 Å². The summed E-state index contributed by atoms with van der Waals surface area (Å²) >= 11 is 0. The molecule has 6 nitrogen and oxygen atoms in total. The molecule has 0 unspecified atom stereocenters. The van der Waals surface area contributed by atoms with Gasteiger partial charge in [-0.2, -0.15) is 0 Å². The van der Waals surface area contributed by atoms with E-state index in [1.165, 1.54) is 0 Å². The van der Waals surface area contributed by atoms with Crippen LogP contribution >= 0.6 is 7.82 Å². The molecule has 0 aliphatic heterocycles. The molecular formula is C3H11NNa3O5P. The number of carbonyl (C=O) groups excluding carboxylic acids is 1. The van der Waals surface area contributed by atoms with Crippen molar-refractivity contribution in [2.45, 2.75) is 0 Å². The average Bonchev–Trinajstić information content (AvgIpc) is 1.61. The largest absolute Gasteiger partial charge is 1.00 e. The van der Waals surface area contributed by atoms with Gasteiger partial charge in [0.15, 0.2) is 0 Å². The Kier molecular flexibility index (Phi) is 38.0. The van der Waals surface area contributed by atoms with Gasteiger partial charge in [0.25, 0.3) is 0 Å². The van der Waals surface area contributed by atoms with Crippen molar-refractivity contribution in [1.29, 1.82) is 0 Å². The van der Waals surface area contributed by atoms with Crippen molar-refractivity contribution in [3.05, 3.63) is 12.7 Å². The number of amides is 1. The van der Waals surface area contributed by atoms with Gasteiger partial charge in [0, 0.05) is 0 Å². The maximum atomic E-state index is 9.47. The summed E-state index contributed by atoms with van der Waals surface area (Å²) in [4.78, 5) is 31.0. The predicted molar refractivity (Wildman–Crippen MR) is 37.0 cm³/mol. The summed E-state index contributed by atoms with van der Waals surface area (Å²) in [5.41, 5.74) is 4.53. The van der Waals surface area contributed by atoms with Crippen LogP contribution < -0.4 is 94.4 Å². The van der Waals surface area contributed by atoms with Crippen molar-refractivity contribution in [3.63, 3.8) is 0 Å². The quantitative estimate of drug-likeness (QED) is 0.206. The summed E-state index contributed by atoms with van der Waals surface area (Å²) in [7, 11) is -4.64. The SMILES string of the molecule is C=CC(N)=O.O=P(O)(O)O.[H-].[H-].[H-].[Na+].[Na+].[Na+]. The Morgan fingerprint density at radius 2 is 1.38 bits per heavy atom. The first-order chi connectivity index (χ1) is 4.27. The second-order valence-electron chi connectivity index (χ2n) is 1.12. The fraction of sp³-hybridized carbons (Fsp3) is 0. The Labute approximate surface area is 147 Å². The molecule has 0 atom stereocenters. The molecule has 0 aliphatic carbocycles. The summed E-state index contributed by atoms with van der Waals surface area (Å²) in [5.74, 6) is -0.481. The van der Waals surface area contributed by atoms with Crippen LogP contribution in [0, 0.1) is 0 Å². The van der Waals surface area contributed by atoms with Crippen molar-refractivity contribution in [2.75, 3.05) is 0 Å². The molecule has 0 aromatic carbocycles. The second-order valence-corrected chi connectivity index (χ2v) is 2.15. The van der Waals surface area contributed by atoms with Gasteiger partial charge < -0.3 is 24.7 Å². The summed E-state index contributed by atoms with van der Waals surface area (Å²) in [6.45, 7) is 3.09. The van der Waals surface area contributed by atoms with E-state index in [0.29, 0.717) is 0 Å². The molecule has 0 saturated heterocycles. The topological polar surface area (TPSA) is 121 Å². The molecule has 5 N–H and O–H groups in total. The van der Waals surface area contributed by atoms with Crippen LogP contribution in [0.15, 0.2) is 12.7 Å². The molecule has 0 aromatic heterocycles. The molecule has 0 rings (SSSR count). The molecule has 0 radical (unpaired) electrons. The van der Waals surface area contributed by atoms with Crippen LogP contribution in [0.4, 0.5) is 0 Å². The molecule has 0 saturated carbocycles. The van der Waals surface area contributed by atoms with Gasteiger partial charge in [-0.15, -0.1) is 0 Å². The van der Waals surface area contributed by atoms with Crippen LogP contribution in [0.2, 0.25) is 0 Å². The van der Waals surface area contributed by atoms with Crippen molar-refractivity contribution >= 4 is 13.7 Å². The van der Waals surface area contributed by atoms with Gasteiger partial charge in [-0.1, -0.05) is 6.58 Å². The molecule has 66 valence electrons. The van der Waals surface area contributed by atoms with Crippen LogP contribution in [0.3, 0.4) is 0 Å². The van der Waals surface area contributed by atoms with E-state index in [-0.39, 0.29) is 93.0 Å². The maximum Gasteiger partial charge on any atom is 1.00 e. The normalized spacial score (nSPS) is 7.00. The Bertz CT molecular complexity index is 173.